The molecule has 0 bridgehead atoms. The first-order valence-corrected chi connectivity index (χ1v) is 8.47. The molecule has 0 saturated carbocycles. The van der Waals surface area contributed by atoms with Crippen molar-refractivity contribution in [2.45, 2.75) is 18.4 Å². The predicted octanol–water partition coefficient (Wildman–Crippen LogP) is 1.43. The summed E-state index contributed by atoms with van der Waals surface area (Å²) >= 11 is 5.86. The lowest BCUT2D eigenvalue weighted by molar-refractivity contribution is 0.412. The summed E-state index contributed by atoms with van der Waals surface area (Å²) in [6, 6.07) is 2.34. The van der Waals surface area contributed by atoms with Crippen molar-refractivity contribution in [3.05, 3.63) is 28.5 Å². The fourth-order valence-corrected chi connectivity index (χ4v) is 2.91. The zero-order chi connectivity index (χ0) is 16.0. The minimum absolute atomic E-state index is 0.0526. The molecule has 0 aromatic heterocycles. The summed E-state index contributed by atoms with van der Waals surface area (Å²) in [6.07, 6.45) is 0. The van der Waals surface area contributed by atoms with Gasteiger partial charge in [0, 0.05) is 19.6 Å². The summed E-state index contributed by atoms with van der Waals surface area (Å²) in [5.74, 6) is -0.736. The Morgan fingerprint density at radius 1 is 1.33 bits per heavy atom. The van der Waals surface area contributed by atoms with Crippen LogP contribution in [-0.4, -0.2) is 47.0 Å². The van der Waals surface area contributed by atoms with Crippen LogP contribution in [0, 0.1) is 5.82 Å². The second kappa shape index (κ2) is 8.05. The van der Waals surface area contributed by atoms with Crippen molar-refractivity contribution in [1.29, 1.82) is 0 Å². The Bertz CT molecular complexity index is 579. The van der Waals surface area contributed by atoms with Crippen molar-refractivity contribution in [2.75, 3.05) is 33.7 Å². The van der Waals surface area contributed by atoms with Crippen molar-refractivity contribution in [3.8, 4) is 0 Å². The van der Waals surface area contributed by atoms with Crippen LogP contribution in [0.1, 0.15) is 12.5 Å². The molecule has 8 heteroatoms. The smallest absolute Gasteiger partial charge is 0.240 e. The summed E-state index contributed by atoms with van der Waals surface area (Å²) in [5, 5.41) is 2.94. The molecule has 0 saturated heterocycles. The molecule has 0 aliphatic rings. The first-order chi connectivity index (χ1) is 9.77. The van der Waals surface area contributed by atoms with E-state index in [1.807, 2.05) is 25.9 Å². The molecule has 1 aromatic rings. The highest BCUT2D eigenvalue weighted by atomic mass is 35.5. The number of benzene rings is 1. The van der Waals surface area contributed by atoms with Crippen LogP contribution >= 0.6 is 11.6 Å². The Hall–Kier alpha value is -0.730. The van der Waals surface area contributed by atoms with Crippen LogP contribution in [0.4, 0.5) is 4.39 Å². The SMILES string of the molecule is CCNCc1cc(S(=O)(=O)NCCN(C)C)cc(F)c1Cl. The third-order valence-electron chi connectivity index (χ3n) is 2.80. The third kappa shape index (κ3) is 5.52. The number of halogens is 2. The molecule has 0 aliphatic carbocycles. The lowest BCUT2D eigenvalue weighted by atomic mass is 10.2. The van der Waals surface area contributed by atoms with E-state index >= 15 is 0 Å². The molecular weight excluding hydrogens is 317 g/mol. The first-order valence-electron chi connectivity index (χ1n) is 6.61. The Labute approximate surface area is 130 Å². The average Bonchev–Trinajstić information content (AvgIpc) is 2.39. The van der Waals surface area contributed by atoms with Gasteiger partial charge in [-0.25, -0.2) is 17.5 Å². The van der Waals surface area contributed by atoms with Gasteiger partial charge in [-0.2, -0.15) is 0 Å². The molecule has 2 N–H and O–H groups in total. The molecule has 21 heavy (non-hydrogen) atoms. The number of nitrogens with zero attached hydrogens (tertiary/aromatic N) is 1. The number of likely N-dealkylation sites (N-methyl/N-ethyl adjacent to an activating group) is 1. The molecular formula is C13H21ClFN3O2S. The van der Waals surface area contributed by atoms with Gasteiger partial charge < -0.3 is 10.2 Å². The molecule has 1 rings (SSSR count). The van der Waals surface area contributed by atoms with Gasteiger partial charge in [0.2, 0.25) is 10.0 Å². The van der Waals surface area contributed by atoms with Gasteiger partial charge in [0.1, 0.15) is 5.82 Å². The number of hydrogen-bond donors (Lipinski definition) is 2. The number of rotatable bonds is 8. The number of sulfonamides is 1. The summed E-state index contributed by atoms with van der Waals surface area (Å²) in [7, 11) is -0.0697. The minimum Gasteiger partial charge on any atom is -0.313 e. The maximum Gasteiger partial charge on any atom is 0.240 e. The lowest BCUT2D eigenvalue weighted by Gasteiger charge is -2.13. The van der Waals surface area contributed by atoms with Gasteiger partial charge >= 0.3 is 0 Å². The Balaban J connectivity index is 2.98. The normalized spacial score (nSPS) is 12.1. The van der Waals surface area contributed by atoms with Gasteiger partial charge in [0.05, 0.1) is 9.92 Å². The molecule has 0 unspecified atom stereocenters. The quantitative estimate of drug-likeness (QED) is 0.753. The van der Waals surface area contributed by atoms with E-state index in [1.165, 1.54) is 6.07 Å². The topological polar surface area (TPSA) is 61.4 Å². The molecule has 1 aromatic carbocycles. The fourth-order valence-electron chi connectivity index (χ4n) is 1.65. The summed E-state index contributed by atoms with van der Waals surface area (Å²) in [4.78, 5) is 1.73. The van der Waals surface area contributed by atoms with Crippen LogP contribution in [0.2, 0.25) is 5.02 Å². The van der Waals surface area contributed by atoms with Gasteiger partial charge in [0.25, 0.3) is 0 Å². The van der Waals surface area contributed by atoms with E-state index in [0.29, 0.717) is 25.2 Å². The Kier molecular flexibility index (Phi) is 7.02. The summed E-state index contributed by atoms with van der Waals surface area (Å²) < 4.78 is 40.5. The molecule has 5 nitrogen and oxygen atoms in total. The van der Waals surface area contributed by atoms with Gasteiger partial charge in [0.15, 0.2) is 0 Å². The summed E-state index contributed by atoms with van der Waals surface area (Å²) in [6.45, 7) is 3.69. The van der Waals surface area contributed by atoms with Crippen molar-refractivity contribution in [2.24, 2.45) is 0 Å². The van der Waals surface area contributed by atoms with Crippen molar-refractivity contribution in [3.63, 3.8) is 0 Å². The highest BCUT2D eigenvalue weighted by Crippen LogP contribution is 2.24. The highest BCUT2D eigenvalue weighted by molar-refractivity contribution is 7.89. The molecule has 0 spiro atoms. The lowest BCUT2D eigenvalue weighted by Crippen LogP contribution is -2.31. The molecule has 0 amide bonds. The van der Waals surface area contributed by atoms with Crippen molar-refractivity contribution < 1.29 is 12.8 Å². The average molecular weight is 338 g/mol. The maximum absolute atomic E-state index is 13.8. The van der Waals surface area contributed by atoms with E-state index in [1.54, 1.807) is 0 Å². The predicted molar refractivity (Wildman–Crippen MR) is 82.5 cm³/mol. The third-order valence-corrected chi connectivity index (χ3v) is 4.67. The molecule has 120 valence electrons. The second-order valence-electron chi connectivity index (χ2n) is 4.86. The fraction of sp³-hybridized carbons (Fsp3) is 0.538. The van der Waals surface area contributed by atoms with Crippen LogP contribution in [0.3, 0.4) is 0 Å². The van der Waals surface area contributed by atoms with Crippen molar-refractivity contribution >= 4 is 21.6 Å². The van der Waals surface area contributed by atoms with Crippen LogP contribution < -0.4 is 10.0 Å². The van der Waals surface area contributed by atoms with Gasteiger partial charge in [-0.1, -0.05) is 18.5 Å². The molecule has 0 fully saturated rings. The molecule has 0 radical (unpaired) electrons. The molecule has 0 aliphatic heterocycles. The van der Waals surface area contributed by atoms with E-state index in [9.17, 15) is 12.8 Å². The zero-order valence-electron chi connectivity index (χ0n) is 12.4. The number of hydrogen-bond acceptors (Lipinski definition) is 4. The van der Waals surface area contributed by atoms with Crippen LogP contribution in [0.15, 0.2) is 17.0 Å². The van der Waals surface area contributed by atoms with E-state index in [2.05, 4.69) is 10.0 Å². The van der Waals surface area contributed by atoms with Crippen LogP contribution in [0.5, 0.6) is 0 Å². The highest BCUT2D eigenvalue weighted by Gasteiger charge is 2.18. The van der Waals surface area contributed by atoms with E-state index in [-0.39, 0.29) is 16.5 Å². The molecule has 0 heterocycles. The van der Waals surface area contributed by atoms with Gasteiger partial charge in [-0.05, 0) is 38.3 Å². The van der Waals surface area contributed by atoms with Gasteiger partial charge in [-0.3, -0.25) is 0 Å². The first kappa shape index (κ1) is 18.3. The minimum atomic E-state index is -3.75. The summed E-state index contributed by atoms with van der Waals surface area (Å²) in [5.41, 5.74) is 0.423. The monoisotopic (exact) mass is 337 g/mol. The largest absolute Gasteiger partial charge is 0.313 e. The van der Waals surface area contributed by atoms with E-state index < -0.39 is 15.8 Å². The van der Waals surface area contributed by atoms with Crippen LogP contribution in [-0.2, 0) is 16.6 Å². The maximum atomic E-state index is 13.8. The standard InChI is InChI=1S/C13H21ClFN3O2S/c1-4-16-9-10-7-11(8-12(15)13(10)14)21(19,20)17-5-6-18(2)3/h7-8,16-17H,4-6,9H2,1-3H3. The number of nitrogens with one attached hydrogen (secondary N) is 2. The van der Waals surface area contributed by atoms with Crippen LogP contribution in [0.25, 0.3) is 0 Å². The second-order valence-corrected chi connectivity index (χ2v) is 7.00. The van der Waals surface area contributed by atoms with Crippen molar-refractivity contribution in [1.82, 2.24) is 14.9 Å². The van der Waals surface area contributed by atoms with Gasteiger partial charge in [-0.15, -0.1) is 0 Å². The Morgan fingerprint density at radius 3 is 2.57 bits per heavy atom. The Morgan fingerprint density at radius 2 is 2.00 bits per heavy atom. The molecule has 0 atom stereocenters. The zero-order valence-corrected chi connectivity index (χ0v) is 14.0. The van der Waals surface area contributed by atoms with E-state index in [0.717, 1.165) is 6.07 Å². The van der Waals surface area contributed by atoms with E-state index in [4.69, 9.17) is 11.6 Å².